The Labute approximate surface area is 511 Å². The first kappa shape index (κ1) is 79.4. The second-order valence-corrected chi connectivity index (χ2v) is 23.8. The van der Waals surface area contributed by atoms with Crippen molar-refractivity contribution in [3.05, 3.63) is 122 Å². The molecule has 0 saturated carbocycles. The summed E-state index contributed by atoms with van der Waals surface area (Å²) in [7, 11) is -4.40. The minimum absolute atomic E-state index is 0.0481. The Balaban J connectivity index is 3.87. The molecular weight excluding hydrogens is 1050 g/mol. The molecule has 0 aromatic rings. The Bertz CT molecular complexity index is 1770. The Morgan fingerprint density at radius 1 is 0.373 bits per heavy atom. The Kier molecular flexibility index (Phi) is 64.6. The van der Waals surface area contributed by atoms with Crippen LogP contribution in [-0.4, -0.2) is 49.3 Å². The van der Waals surface area contributed by atoms with Crippen molar-refractivity contribution in [1.29, 1.82) is 0 Å². The number of hydrogen-bond donors (Lipinski definition) is 2. The summed E-state index contributed by atoms with van der Waals surface area (Å²) in [5.41, 5.74) is 5.39. The molecule has 3 N–H and O–H groups in total. The molecule has 0 aromatic carbocycles. The number of rotatable bonds is 63. The predicted octanol–water partition coefficient (Wildman–Crippen LogP) is 22.3. The molecule has 83 heavy (non-hydrogen) atoms. The van der Waals surface area contributed by atoms with Crippen LogP contribution in [0.4, 0.5) is 0 Å². The molecule has 0 saturated heterocycles. The minimum Gasteiger partial charge on any atom is -0.462 e. The molecule has 9 nitrogen and oxygen atoms in total. The van der Waals surface area contributed by atoms with Crippen molar-refractivity contribution in [3.63, 3.8) is 0 Å². The third-order valence-electron chi connectivity index (χ3n) is 14.3. The number of unbranched alkanes of at least 4 members (excludes halogenated alkanes) is 30. The molecule has 0 rings (SSSR count). The van der Waals surface area contributed by atoms with Gasteiger partial charge in [-0.2, -0.15) is 0 Å². The van der Waals surface area contributed by atoms with Gasteiger partial charge in [0.1, 0.15) is 6.61 Å². The maximum absolute atomic E-state index is 12.8. The molecule has 0 radical (unpaired) electrons. The van der Waals surface area contributed by atoms with Gasteiger partial charge in [0.05, 0.1) is 13.2 Å². The quantitative estimate of drug-likeness (QED) is 0.0264. The number of phosphoric ester groups is 1. The van der Waals surface area contributed by atoms with Crippen LogP contribution in [0.1, 0.15) is 296 Å². The summed E-state index contributed by atoms with van der Waals surface area (Å²) in [4.78, 5) is 35.3. The highest BCUT2D eigenvalue weighted by molar-refractivity contribution is 7.47. The van der Waals surface area contributed by atoms with Crippen molar-refractivity contribution in [3.8, 4) is 0 Å². The molecule has 0 aliphatic carbocycles. The number of allylic oxidation sites excluding steroid dienone is 20. The molecule has 2 atom stereocenters. The normalized spacial score (nSPS) is 13.7. The molecule has 0 amide bonds. The monoisotopic (exact) mass is 1180 g/mol. The van der Waals surface area contributed by atoms with Crippen molar-refractivity contribution in [2.45, 2.75) is 302 Å². The molecule has 0 heterocycles. The lowest BCUT2D eigenvalue weighted by atomic mass is 10.0. The van der Waals surface area contributed by atoms with E-state index in [1.807, 2.05) is 0 Å². The second-order valence-electron chi connectivity index (χ2n) is 22.3. The lowest BCUT2D eigenvalue weighted by Gasteiger charge is -2.19. The largest absolute Gasteiger partial charge is 0.472 e. The zero-order valence-corrected chi connectivity index (χ0v) is 54.3. The average molecular weight is 1180 g/mol. The first-order valence-electron chi connectivity index (χ1n) is 34.0. The summed E-state index contributed by atoms with van der Waals surface area (Å²) in [5.74, 6) is -0.838. The van der Waals surface area contributed by atoms with Crippen LogP contribution in [0.15, 0.2) is 122 Å². The van der Waals surface area contributed by atoms with Crippen LogP contribution in [0.25, 0.3) is 0 Å². The number of phosphoric acid groups is 1. The van der Waals surface area contributed by atoms with Gasteiger partial charge in [-0.05, 0) is 109 Å². The number of carbonyl (C=O) groups excluding carboxylic acids is 2. The number of nitrogens with two attached hydrogens (primary N) is 1. The van der Waals surface area contributed by atoms with E-state index in [1.54, 1.807) is 0 Å². The smallest absolute Gasteiger partial charge is 0.462 e. The first-order chi connectivity index (χ1) is 40.8. The minimum atomic E-state index is -4.40. The van der Waals surface area contributed by atoms with Crippen LogP contribution in [0.2, 0.25) is 0 Å². The van der Waals surface area contributed by atoms with Crippen molar-refractivity contribution in [2.75, 3.05) is 26.4 Å². The average Bonchev–Trinajstić information content (AvgIpc) is 3.49. The lowest BCUT2D eigenvalue weighted by Crippen LogP contribution is -2.29. The third kappa shape index (κ3) is 67.4. The fourth-order valence-corrected chi connectivity index (χ4v) is 10.1. The summed E-state index contributed by atoms with van der Waals surface area (Å²) in [6.07, 6.45) is 94.3. The molecule has 10 heteroatoms. The van der Waals surface area contributed by atoms with E-state index in [4.69, 9.17) is 24.3 Å². The predicted molar refractivity (Wildman–Crippen MR) is 358 cm³/mol. The molecule has 0 aromatic heterocycles. The summed E-state index contributed by atoms with van der Waals surface area (Å²) in [6, 6.07) is 0. The van der Waals surface area contributed by atoms with Crippen LogP contribution >= 0.6 is 7.82 Å². The van der Waals surface area contributed by atoms with Crippen molar-refractivity contribution in [1.82, 2.24) is 0 Å². The van der Waals surface area contributed by atoms with Gasteiger partial charge >= 0.3 is 19.8 Å². The van der Waals surface area contributed by atoms with Gasteiger partial charge in [0, 0.05) is 19.4 Å². The number of esters is 2. The Morgan fingerprint density at radius 2 is 0.663 bits per heavy atom. The van der Waals surface area contributed by atoms with Gasteiger partial charge < -0.3 is 20.1 Å². The van der Waals surface area contributed by atoms with E-state index >= 15 is 0 Å². The van der Waals surface area contributed by atoms with E-state index in [0.29, 0.717) is 12.8 Å². The topological polar surface area (TPSA) is 134 Å². The zero-order valence-electron chi connectivity index (χ0n) is 53.4. The molecule has 0 aliphatic rings. The van der Waals surface area contributed by atoms with E-state index in [1.165, 1.54) is 154 Å². The number of carbonyl (C=O) groups is 2. The lowest BCUT2D eigenvalue weighted by molar-refractivity contribution is -0.161. The Morgan fingerprint density at radius 3 is 0.988 bits per heavy atom. The maximum atomic E-state index is 12.8. The van der Waals surface area contributed by atoms with E-state index in [-0.39, 0.29) is 32.6 Å². The summed E-state index contributed by atoms with van der Waals surface area (Å²) in [5, 5.41) is 0. The second kappa shape index (κ2) is 67.5. The van der Waals surface area contributed by atoms with E-state index < -0.39 is 32.5 Å². The SMILES string of the molecule is CC/C=C\C/C=C\C/C=C\C/C=C\C/C=C\C/C=C\C/C=C\CCCCCCCCCCCCCCCCCCCCCC(=O)OC(COC(=O)CCCCCCCC/C=C\C/C=C\C/C=C\CCCCCCC)COP(=O)(O)OCCN. The molecule has 476 valence electrons. The van der Waals surface area contributed by atoms with Gasteiger partial charge in [0.2, 0.25) is 0 Å². The zero-order chi connectivity index (χ0) is 60.1. The van der Waals surface area contributed by atoms with E-state index in [0.717, 1.165) is 103 Å². The van der Waals surface area contributed by atoms with Crippen molar-refractivity contribution in [2.24, 2.45) is 5.73 Å². The number of hydrogen-bond acceptors (Lipinski definition) is 8. The van der Waals surface area contributed by atoms with Gasteiger partial charge in [-0.3, -0.25) is 18.6 Å². The number of ether oxygens (including phenoxy) is 2. The van der Waals surface area contributed by atoms with Gasteiger partial charge in [0.25, 0.3) is 0 Å². The standard InChI is InChI=1S/C73H126NO8P/c1-3-5-7-9-11-13-15-17-19-21-23-25-26-27-28-29-30-31-32-33-34-35-36-37-38-39-40-41-42-43-44-46-48-50-52-54-56-58-60-62-64-66-73(76)82-71(70-81-83(77,78)80-68-67-74)69-79-72(75)65-63-61-59-57-55-53-51-49-47-45-24-22-20-18-16-14-12-10-8-6-4-2/h5,7,11,13,16-19,22-25,27-28,30-31,33-34,47,49,71H,3-4,6,8-10,12,14-15,20-21,26,29,32,35-46,48,50-70,74H2,1-2H3,(H,77,78)/b7-5-,13-11-,18-16-,19-17-,24-22-,25-23-,28-27-,31-30-,34-33-,49-47-. The maximum Gasteiger partial charge on any atom is 0.472 e. The van der Waals surface area contributed by atoms with Crippen LogP contribution in [-0.2, 0) is 32.7 Å². The van der Waals surface area contributed by atoms with Crippen LogP contribution in [0.5, 0.6) is 0 Å². The summed E-state index contributed by atoms with van der Waals surface area (Å²) in [6.45, 7) is 3.62. The molecular formula is C73H126NO8P. The van der Waals surface area contributed by atoms with Crippen molar-refractivity contribution >= 4 is 19.8 Å². The molecule has 0 aliphatic heterocycles. The Hall–Kier alpha value is -3.59. The summed E-state index contributed by atoms with van der Waals surface area (Å²) < 4.78 is 33.1. The fourth-order valence-electron chi connectivity index (χ4n) is 9.33. The molecule has 0 spiro atoms. The van der Waals surface area contributed by atoms with Gasteiger partial charge in [-0.15, -0.1) is 0 Å². The van der Waals surface area contributed by atoms with Gasteiger partial charge in [-0.1, -0.05) is 296 Å². The highest BCUT2D eigenvalue weighted by atomic mass is 31.2. The fraction of sp³-hybridized carbons (Fsp3) is 0.699. The molecule has 2 unspecified atom stereocenters. The summed E-state index contributed by atoms with van der Waals surface area (Å²) >= 11 is 0. The van der Waals surface area contributed by atoms with Crippen LogP contribution in [0.3, 0.4) is 0 Å². The third-order valence-corrected chi connectivity index (χ3v) is 15.3. The highest BCUT2D eigenvalue weighted by Crippen LogP contribution is 2.43. The van der Waals surface area contributed by atoms with Crippen LogP contribution < -0.4 is 5.73 Å². The van der Waals surface area contributed by atoms with Crippen LogP contribution in [0, 0.1) is 0 Å². The van der Waals surface area contributed by atoms with Crippen molar-refractivity contribution < 1.29 is 37.6 Å². The molecule has 0 bridgehead atoms. The van der Waals surface area contributed by atoms with E-state index in [9.17, 15) is 19.0 Å². The first-order valence-corrected chi connectivity index (χ1v) is 35.5. The van der Waals surface area contributed by atoms with Gasteiger partial charge in [0.15, 0.2) is 6.10 Å². The highest BCUT2D eigenvalue weighted by Gasteiger charge is 2.26. The van der Waals surface area contributed by atoms with E-state index in [2.05, 4.69) is 135 Å². The van der Waals surface area contributed by atoms with Gasteiger partial charge in [-0.25, -0.2) is 4.57 Å². The molecule has 0 fully saturated rings.